The van der Waals surface area contributed by atoms with E-state index in [-0.39, 0.29) is 11.6 Å². The molecule has 1 aliphatic rings. The minimum absolute atomic E-state index is 0.137. The van der Waals surface area contributed by atoms with Gasteiger partial charge in [0, 0.05) is 5.54 Å². The molecule has 1 saturated carbocycles. The van der Waals surface area contributed by atoms with Gasteiger partial charge in [-0.3, -0.25) is 11.3 Å². The first-order valence-electron chi connectivity index (χ1n) is 6.23. The largest absolute Gasteiger partial charge is 0.302 e. The molecular weight excluding hydrogens is 198 g/mol. The van der Waals surface area contributed by atoms with Gasteiger partial charge in [0.15, 0.2) is 0 Å². The van der Waals surface area contributed by atoms with Gasteiger partial charge in [0.05, 0.1) is 6.04 Å². The van der Waals surface area contributed by atoms with Crippen molar-refractivity contribution < 1.29 is 0 Å². The summed E-state index contributed by atoms with van der Waals surface area (Å²) < 4.78 is 0. The smallest absolute Gasteiger partial charge is 0.0598 e. The van der Waals surface area contributed by atoms with Gasteiger partial charge in [0.2, 0.25) is 0 Å². The lowest BCUT2D eigenvalue weighted by Crippen LogP contribution is -2.62. The highest BCUT2D eigenvalue weighted by Gasteiger charge is 2.43. The summed E-state index contributed by atoms with van der Waals surface area (Å²) in [4.78, 5) is 2.34. The Hall–Kier alpha value is -0.380. The molecule has 0 spiro atoms. The first kappa shape index (κ1) is 13.7. The fourth-order valence-electron chi connectivity index (χ4n) is 3.25. The predicted molar refractivity (Wildman–Crippen MR) is 70.0 cm³/mol. The zero-order chi connectivity index (χ0) is 12.3. The van der Waals surface area contributed by atoms with Crippen LogP contribution in [0.15, 0.2) is 12.2 Å². The van der Waals surface area contributed by atoms with Gasteiger partial charge in [-0.05, 0) is 39.8 Å². The highest BCUT2D eigenvalue weighted by atomic mass is 15.3. The van der Waals surface area contributed by atoms with E-state index in [0.29, 0.717) is 0 Å². The number of rotatable bonds is 4. The Morgan fingerprint density at radius 1 is 1.56 bits per heavy atom. The lowest BCUT2D eigenvalue weighted by atomic mass is 9.70. The van der Waals surface area contributed by atoms with E-state index in [1.807, 2.05) is 0 Å². The van der Waals surface area contributed by atoms with Crippen LogP contribution in [0, 0.1) is 5.92 Å². The third kappa shape index (κ3) is 2.47. The van der Waals surface area contributed by atoms with E-state index in [1.165, 1.54) is 25.7 Å². The molecule has 0 aromatic rings. The van der Waals surface area contributed by atoms with E-state index in [4.69, 9.17) is 5.84 Å². The van der Waals surface area contributed by atoms with Crippen molar-refractivity contribution in [2.45, 2.75) is 51.1 Å². The summed E-state index contributed by atoms with van der Waals surface area (Å²) in [6, 6.07) is 0.185. The fourth-order valence-corrected chi connectivity index (χ4v) is 3.25. The van der Waals surface area contributed by atoms with Crippen LogP contribution in [-0.4, -0.2) is 30.6 Å². The SMILES string of the molecule is C=C(C)C(NN)C1(N(C)C)CCCC(C)C1. The van der Waals surface area contributed by atoms with Crippen LogP contribution in [0.4, 0.5) is 0 Å². The number of hydrazine groups is 1. The zero-order valence-corrected chi connectivity index (χ0v) is 11.2. The minimum atomic E-state index is 0.137. The van der Waals surface area contributed by atoms with Gasteiger partial charge >= 0.3 is 0 Å². The monoisotopic (exact) mass is 225 g/mol. The molecule has 1 rings (SSSR count). The topological polar surface area (TPSA) is 41.3 Å². The van der Waals surface area contributed by atoms with E-state index in [2.05, 4.69) is 44.8 Å². The van der Waals surface area contributed by atoms with Crippen molar-refractivity contribution in [2.24, 2.45) is 11.8 Å². The number of nitrogens with zero attached hydrogens (tertiary/aromatic N) is 1. The van der Waals surface area contributed by atoms with Crippen molar-refractivity contribution >= 4 is 0 Å². The van der Waals surface area contributed by atoms with Crippen LogP contribution >= 0.6 is 0 Å². The van der Waals surface area contributed by atoms with Crippen molar-refractivity contribution in [3.63, 3.8) is 0 Å². The first-order chi connectivity index (χ1) is 7.44. The highest BCUT2D eigenvalue weighted by molar-refractivity contribution is 5.15. The van der Waals surface area contributed by atoms with Gasteiger partial charge in [-0.25, -0.2) is 0 Å². The highest BCUT2D eigenvalue weighted by Crippen LogP contribution is 2.39. The Morgan fingerprint density at radius 2 is 2.19 bits per heavy atom. The molecule has 0 saturated heterocycles. The van der Waals surface area contributed by atoms with Gasteiger partial charge in [-0.2, -0.15) is 0 Å². The molecule has 3 nitrogen and oxygen atoms in total. The third-order valence-corrected chi connectivity index (χ3v) is 4.10. The second kappa shape index (κ2) is 5.30. The maximum atomic E-state index is 5.74. The summed E-state index contributed by atoms with van der Waals surface area (Å²) in [5.41, 5.74) is 4.24. The van der Waals surface area contributed by atoms with E-state index in [0.717, 1.165) is 11.5 Å². The summed E-state index contributed by atoms with van der Waals surface area (Å²) >= 11 is 0. The van der Waals surface area contributed by atoms with Crippen molar-refractivity contribution in [3.05, 3.63) is 12.2 Å². The van der Waals surface area contributed by atoms with Crippen LogP contribution in [0.2, 0.25) is 0 Å². The molecule has 0 heterocycles. The van der Waals surface area contributed by atoms with Crippen molar-refractivity contribution in [3.8, 4) is 0 Å². The van der Waals surface area contributed by atoms with Gasteiger partial charge in [0.25, 0.3) is 0 Å². The summed E-state index contributed by atoms with van der Waals surface area (Å²) in [6.07, 6.45) is 5.02. The Balaban J connectivity index is 2.98. The van der Waals surface area contributed by atoms with E-state index in [9.17, 15) is 0 Å². The molecule has 3 N–H and O–H groups in total. The summed E-state index contributed by atoms with van der Waals surface area (Å²) in [6.45, 7) is 8.49. The summed E-state index contributed by atoms with van der Waals surface area (Å²) in [5, 5.41) is 0. The molecule has 0 bridgehead atoms. The van der Waals surface area contributed by atoms with E-state index < -0.39 is 0 Å². The summed E-state index contributed by atoms with van der Waals surface area (Å²) in [5.74, 6) is 6.51. The lowest BCUT2D eigenvalue weighted by molar-refractivity contribution is 0.0491. The second-order valence-corrected chi connectivity index (χ2v) is 5.65. The number of nitrogens with one attached hydrogen (secondary N) is 1. The van der Waals surface area contributed by atoms with Gasteiger partial charge < -0.3 is 4.90 Å². The number of hydrogen-bond acceptors (Lipinski definition) is 3. The average Bonchev–Trinajstić information content (AvgIpc) is 2.17. The molecule has 3 atom stereocenters. The average molecular weight is 225 g/mol. The molecule has 1 aliphatic carbocycles. The van der Waals surface area contributed by atoms with Crippen molar-refractivity contribution in [1.82, 2.24) is 10.3 Å². The molecule has 3 unspecified atom stereocenters. The Morgan fingerprint density at radius 3 is 2.56 bits per heavy atom. The molecule has 0 aromatic heterocycles. The second-order valence-electron chi connectivity index (χ2n) is 5.65. The van der Waals surface area contributed by atoms with Gasteiger partial charge in [-0.1, -0.05) is 31.9 Å². The molecule has 0 amide bonds. The fraction of sp³-hybridized carbons (Fsp3) is 0.846. The number of hydrogen-bond donors (Lipinski definition) is 2. The van der Waals surface area contributed by atoms with Crippen LogP contribution in [0.5, 0.6) is 0 Å². The van der Waals surface area contributed by atoms with Crippen LogP contribution in [-0.2, 0) is 0 Å². The molecule has 0 aromatic carbocycles. The third-order valence-electron chi connectivity index (χ3n) is 4.10. The van der Waals surface area contributed by atoms with Crippen LogP contribution < -0.4 is 11.3 Å². The number of nitrogens with two attached hydrogens (primary N) is 1. The maximum absolute atomic E-state index is 5.74. The minimum Gasteiger partial charge on any atom is -0.302 e. The van der Waals surface area contributed by atoms with Crippen molar-refractivity contribution in [1.29, 1.82) is 0 Å². The van der Waals surface area contributed by atoms with Gasteiger partial charge in [-0.15, -0.1) is 0 Å². The van der Waals surface area contributed by atoms with Crippen LogP contribution in [0.25, 0.3) is 0 Å². The zero-order valence-electron chi connectivity index (χ0n) is 11.2. The van der Waals surface area contributed by atoms with Crippen LogP contribution in [0.1, 0.15) is 39.5 Å². The Labute approximate surface area is 100 Å². The predicted octanol–water partition coefficient (Wildman–Crippen LogP) is 1.90. The molecule has 0 aliphatic heterocycles. The van der Waals surface area contributed by atoms with Crippen LogP contribution in [0.3, 0.4) is 0 Å². The molecule has 0 radical (unpaired) electrons. The molecule has 1 fully saturated rings. The summed E-state index contributed by atoms with van der Waals surface area (Å²) in [7, 11) is 4.32. The van der Waals surface area contributed by atoms with E-state index in [1.54, 1.807) is 0 Å². The van der Waals surface area contributed by atoms with Gasteiger partial charge in [0.1, 0.15) is 0 Å². The quantitative estimate of drug-likeness (QED) is 0.436. The van der Waals surface area contributed by atoms with Crippen molar-refractivity contribution in [2.75, 3.05) is 14.1 Å². The lowest BCUT2D eigenvalue weighted by Gasteiger charge is -2.50. The molecule has 16 heavy (non-hydrogen) atoms. The maximum Gasteiger partial charge on any atom is 0.0598 e. The Bertz CT molecular complexity index is 250. The molecule has 94 valence electrons. The normalized spacial score (nSPS) is 32.8. The molecule has 3 heteroatoms. The van der Waals surface area contributed by atoms with E-state index >= 15 is 0 Å². The first-order valence-corrected chi connectivity index (χ1v) is 6.23. The Kier molecular flexibility index (Phi) is 4.53. The molecular formula is C13H27N3. The number of likely N-dealkylation sites (N-methyl/N-ethyl adjacent to an activating group) is 1. The standard InChI is InChI=1S/C13H27N3/c1-10(2)12(15-14)13(16(4)5)8-6-7-11(3)9-13/h11-12,15H,1,6-9,14H2,2-5H3.